The van der Waals surface area contributed by atoms with Crippen molar-refractivity contribution < 1.29 is 22.7 Å². The zero-order valence-corrected chi connectivity index (χ0v) is 11.6. The fourth-order valence-corrected chi connectivity index (χ4v) is 2.05. The van der Waals surface area contributed by atoms with Gasteiger partial charge in [-0.15, -0.1) is 0 Å². The molecule has 1 aromatic rings. The molecule has 0 saturated carbocycles. The summed E-state index contributed by atoms with van der Waals surface area (Å²) in [5.74, 6) is -0.497. The van der Waals surface area contributed by atoms with Gasteiger partial charge in [-0.25, -0.2) is 0 Å². The maximum Gasteiger partial charge on any atom is 0.416 e. The Labute approximate surface area is 125 Å². The lowest BCUT2D eigenvalue weighted by atomic mass is 10.1. The summed E-state index contributed by atoms with van der Waals surface area (Å²) in [6, 6.07) is 6.25. The summed E-state index contributed by atoms with van der Waals surface area (Å²) in [5.41, 5.74) is -0.855. The van der Waals surface area contributed by atoms with Gasteiger partial charge in [0, 0.05) is 13.1 Å². The molecule has 1 saturated heterocycles. The summed E-state index contributed by atoms with van der Waals surface area (Å²) in [6.07, 6.45) is -3.29. The minimum absolute atomic E-state index is 0.160. The summed E-state index contributed by atoms with van der Waals surface area (Å²) in [7, 11) is 0. The summed E-state index contributed by atoms with van der Waals surface area (Å²) < 4.78 is 43.1. The predicted molar refractivity (Wildman–Crippen MR) is 72.4 cm³/mol. The first-order valence-corrected chi connectivity index (χ1v) is 6.58. The number of halogens is 3. The molecule has 116 valence electrons. The van der Waals surface area contributed by atoms with Crippen LogP contribution in [-0.4, -0.2) is 37.1 Å². The van der Waals surface area contributed by atoms with E-state index in [1.54, 1.807) is 6.07 Å². The van der Waals surface area contributed by atoms with Crippen LogP contribution in [0.25, 0.3) is 6.08 Å². The van der Waals surface area contributed by atoms with Crippen molar-refractivity contribution in [3.63, 3.8) is 0 Å². The van der Waals surface area contributed by atoms with E-state index in [1.807, 2.05) is 0 Å². The van der Waals surface area contributed by atoms with Gasteiger partial charge < -0.3 is 9.64 Å². The third-order valence-corrected chi connectivity index (χ3v) is 3.17. The van der Waals surface area contributed by atoms with E-state index >= 15 is 0 Å². The van der Waals surface area contributed by atoms with Gasteiger partial charge in [-0.05, 0) is 23.8 Å². The third kappa shape index (κ3) is 3.86. The lowest BCUT2D eigenvalue weighted by molar-refractivity contribution is -0.137. The quantitative estimate of drug-likeness (QED) is 0.623. The normalized spacial score (nSPS) is 16.3. The van der Waals surface area contributed by atoms with Crippen molar-refractivity contribution in [1.82, 2.24) is 4.90 Å². The first-order chi connectivity index (χ1) is 10.4. The van der Waals surface area contributed by atoms with Crippen molar-refractivity contribution in [2.45, 2.75) is 6.18 Å². The fourth-order valence-electron chi connectivity index (χ4n) is 2.05. The minimum Gasteiger partial charge on any atom is -0.378 e. The molecule has 1 aliphatic heterocycles. The second-order valence-corrected chi connectivity index (χ2v) is 4.70. The highest BCUT2D eigenvalue weighted by Gasteiger charge is 2.30. The van der Waals surface area contributed by atoms with Gasteiger partial charge in [-0.2, -0.15) is 18.4 Å². The van der Waals surface area contributed by atoms with Gasteiger partial charge in [-0.3, -0.25) is 4.79 Å². The zero-order valence-electron chi connectivity index (χ0n) is 11.6. The number of nitrogens with zero attached hydrogens (tertiary/aromatic N) is 2. The highest BCUT2D eigenvalue weighted by atomic mass is 19.4. The number of alkyl halides is 3. The Kier molecular flexibility index (Phi) is 4.83. The van der Waals surface area contributed by atoms with Gasteiger partial charge >= 0.3 is 6.18 Å². The van der Waals surface area contributed by atoms with E-state index < -0.39 is 17.6 Å². The topological polar surface area (TPSA) is 53.3 Å². The van der Waals surface area contributed by atoms with E-state index in [1.165, 1.54) is 23.1 Å². The Morgan fingerprint density at radius 2 is 2.00 bits per heavy atom. The molecule has 1 aromatic carbocycles. The lowest BCUT2D eigenvalue weighted by Crippen LogP contribution is -2.41. The molecule has 1 fully saturated rings. The Bertz CT molecular complexity index is 626. The van der Waals surface area contributed by atoms with E-state index in [9.17, 15) is 18.0 Å². The molecule has 0 aliphatic carbocycles. The van der Waals surface area contributed by atoms with Gasteiger partial charge in [0.15, 0.2) is 0 Å². The van der Waals surface area contributed by atoms with Gasteiger partial charge in [0.25, 0.3) is 5.91 Å². The van der Waals surface area contributed by atoms with Crippen molar-refractivity contribution in [2.24, 2.45) is 0 Å². The number of benzene rings is 1. The molecule has 22 heavy (non-hydrogen) atoms. The molecule has 7 heteroatoms. The van der Waals surface area contributed by atoms with Crippen LogP contribution in [-0.2, 0) is 15.7 Å². The standard InChI is InChI=1S/C15H13F3N2O2/c16-15(17,18)13-3-1-2-11(9-13)8-12(10-19)14(21)20-4-6-22-7-5-20/h1-3,8-9H,4-7H2. The number of carbonyl (C=O) groups is 1. The van der Waals surface area contributed by atoms with E-state index in [2.05, 4.69) is 0 Å². The number of ether oxygens (including phenoxy) is 1. The highest BCUT2D eigenvalue weighted by molar-refractivity contribution is 6.01. The molecular weight excluding hydrogens is 297 g/mol. The average Bonchev–Trinajstić information content (AvgIpc) is 2.52. The first-order valence-electron chi connectivity index (χ1n) is 6.58. The van der Waals surface area contributed by atoms with Crippen molar-refractivity contribution >= 4 is 12.0 Å². The van der Waals surface area contributed by atoms with Crippen molar-refractivity contribution in [2.75, 3.05) is 26.3 Å². The average molecular weight is 310 g/mol. The van der Waals surface area contributed by atoms with Crippen LogP contribution in [0.2, 0.25) is 0 Å². The number of amides is 1. The molecule has 1 heterocycles. The first kappa shape index (κ1) is 16.0. The summed E-state index contributed by atoms with van der Waals surface area (Å²) in [4.78, 5) is 13.6. The summed E-state index contributed by atoms with van der Waals surface area (Å²) in [5, 5.41) is 9.10. The van der Waals surface area contributed by atoms with Crippen molar-refractivity contribution in [3.8, 4) is 6.07 Å². The molecule has 0 bridgehead atoms. The van der Waals surface area contributed by atoms with Crippen LogP contribution in [0.3, 0.4) is 0 Å². The monoisotopic (exact) mass is 310 g/mol. The smallest absolute Gasteiger partial charge is 0.378 e. The molecule has 0 N–H and O–H groups in total. The number of rotatable bonds is 2. The lowest BCUT2D eigenvalue weighted by Gasteiger charge is -2.26. The molecule has 4 nitrogen and oxygen atoms in total. The Hall–Kier alpha value is -2.33. The van der Waals surface area contributed by atoms with E-state index in [0.29, 0.717) is 26.3 Å². The van der Waals surface area contributed by atoms with Crippen molar-refractivity contribution in [3.05, 3.63) is 41.0 Å². The number of morpholine rings is 1. The summed E-state index contributed by atoms with van der Waals surface area (Å²) in [6.45, 7) is 1.49. The van der Waals surface area contributed by atoms with Crippen LogP contribution >= 0.6 is 0 Å². The Morgan fingerprint density at radius 1 is 1.32 bits per heavy atom. The Balaban J connectivity index is 2.25. The van der Waals surface area contributed by atoms with Crippen LogP contribution in [0, 0.1) is 11.3 Å². The molecule has 0 atom stereocenters. The fraction of sp³-hybridized carbons (Fsp3) is 0.333. The van der Waals surface area contributed by atoms with Crippen LogP contribution in [0.15, 0.2) is 29.8 Å². The molecule has 0 spiro atoms. The van der Waals surface area contributed by atoms with Gasteiger partial charge in [0.05, 0.1) is 18.8 Å². The minimum atomic E-state index is -4.47. The van der Waals surface area contributed by atoms with Crippen LogP contribution < -0.4 is 0 Å². The molecular formula is C15H13F3N2O2. The van der Waals surface area contributed by atoms with Crippen LogP contribution in [0.4, 0.5) is 13.2 Å². The van der Waals surface area contributed by atoms with E-state index in [0.717, 1.165) is 12.1 Å². The van der Waals surface area contributed by atoms with Crippen molar-refractivity contribution in [1.29, 1.82) is 5.26 Å². The largest absolute Gasteiger partial charge is 0.416 e. The van der Waals surface area contributed by atoms with Gasteiger partial charge in [-0.1, -0.05) is 12.1 Å². The SMILES string of the molecule is N#CC(=Cc1cccc(C(F)(F)F)c1)C(=O)N1CCOCC1. The number of nitriles is 1. The number of carbonyl (C=O) groups excluding carboxylic acids is 1. The molecule has 0 radical (unpaired) electrons. The molecule has 1 amide bonds. The predicted octanol–water partition coefficient (Wildman–Crippen LogP) is 2.47. The third-order valence-electron chi connectivity index (χ3n) is 3.17. The highest BCUT2D eigenvalue weighted by Crippen LogP contribution is 2.30. The van der Waals surface area contributed by atoms with E-state index in [4.69, 9.17) is 10.00 Å². The Morgan fingerprint density at radius 3 is 2.59 bits per heavy atom. The van der Waals surface area contributed by atoms with Gasteiger partial charge in [0.2, 0.25) is 0 Å². The molecule has 2 rings (SSSR count). The molecule has 0 aromatic heterocycles. The molecule has 1 aliphatic rings. The number of hydrogen-bond acceptors (Lipinski definition) is 3. The maximum absolute atomic E-state index is 12.7. The second-order valence-electron chi connectivity index (χ2n) is 4.70. The van der Waals surface area contributed by atoms with Crippen LogP contribution in [0.1, 0.15) is 11.1 Å². The zero-order chi connectivity index (χ0) is 16.2. The summed E-state index contributed by atoms with van der Waals surface area (Å²) >= 11 is 0. The van der Waals surface area contributed by atoms with Gasteiger partial charge in [0.1, 0.15) is 11.6 Å². The second kappa shape index (κ2) is 6.62. The molecule has 0 unspecified atom stereocenters. The maximum atomic E-state index is 12.7. The van der Waals surface area contributed by atoms with E-state index in [-0.39, 0.29) is 11.1 Å². The van der Waals surface area contributed by atoms with Crippen LogP contribution in [0.5, 0.6) is 0 Å². The number of hydrogen-bond donors (Lipinski definition) is 0.